The molecule has 7 heteroatoms. The second kappa shape index (κ2) is 5.68. The predicted octanol–water partition coefficient (Wildman–Crippen LogP) is 1.01. The first kappa shape index (κ1) is 16.3. The lowest BCUT2D eigenvalue weighted by atomic mass is 9.47. The standard InChI is InChI=1S/C18H20O7/c1-23-15(19)11-9-7-5-3-4-6-8(7)10(12(11)16(20)24-2)14-13(9)17(21)25-18(14)22/h9-14H,3-6H2,1-2H3. The maximum absolute atomic E-state index is 12.5. The van der Waals surface area contributed by atoms with Gasteiger partial charge in [0, 0.05) is 11.8 Å². The van der Waals surface area contributed by atoms with Gasteiger partial charge in [0.05, 0.1) is 37.9 Å². The Labute approximate surface area is 144 Å². The average molecular weight is 348 g/mol. The third-order valence-corrected chi connectivity index (χ3v) is 6.37. The molecule has 5 rings (SSSR count). The van der Waals surface area contributed by atoms with Crippen molar-refractivity contribution in [3.8, 4) is 0 Å². The molecule has 134 valence electrons. The molecule has 0 amide bonds. The summed E-state index contributed by atoms with van der Waals surface area (Å²) in [6.07, 6.45) is 3.50. The highest BCUT2D eigenvalue weighted by Gasteiger charge is 2.68. The van der Waals surface area contributed by atoms with Gasteiger partial charge in [0.2, 0.25) is 0 Å². The summed E-state index contributed by atoms with van der Waals surface area (Å²) in [6.45, 7) is 0. The Morgan fingerprint density at radius 2 is 1.20 bits per heavy atom. The summed E-state index contributed by atoms with van der Waals surface area (Å²) in [5.41, 5.74) is 2.11. The average Bonchev–Trinajstić information content (AvgIpc) is 2.95. The van der Waals surface area contributed by atoms with Crippen molar-refractivity contribution in [1.29, 1.82) is 0 Å². The molecule has 0 aromatic heterocycles. The summed E-state index contributed by atoms with van der Waals surface area (Å²) < 4.78 is 14.8. The first-order valence-electron chi connectivity index (χ1n) is 8.64. The van der Waals surface area contributed by atoms with Gasteiger partial charge in [-0.15, -0.1) is 0 Å². The molecule has 6 unspecified atom stereocenters. The Bertz CT molecular complexity index is 648. The molecule has 2 bridgehead atoms. The van der Waals surface area contributed by atoms with E-state index in [-0.39, 0.29) is 0 Å². The molecule has 0 aromatic rings. The summed E-state index contributed by atoms with van der Waals surface area (Å²) in [5.74, 6) is -6.27. The number of allylic oxidation sites excluding steroid dienone is 2. The van der Waals surface area contributed by atoms with Crippen LogP contribution in [0, 0.1) is 35.5 Å². The molecular formula is C18H20O7. The van der Waals surface area contributed by atoms with Gasteiger partial charge < -0.3 is 14.2 Å². The van der Waals surface area contributed by atoms with Gasteiger partial charge in [-0.25, -0.2) is 0 Å². The summed E-state index contributed by atoms with van der Waals surface area (Å²) in [5, 5.41) is 0. The molecule has 0 radical (unpaired) electrons. The quantitative estimate of drug-likeness (QED) is 0.318. The number of esters is 4. The molecule has 1 saturated heterocycles. The van der Waals surface area contributed by atoms with E-state index in [1.54, 1.807) is 0 Å². The minimum atomic E-state index is -0.806. The largest absolute Gasteiger partial charge is 0.469 e. The number of rotatable bonds is 2. The van der Waals surface area contributed by atoms with Crippen molar-refractivity contribution in [3.05, 3.63) is 11.1 Å². The molecule has 25 heavy (non-hydrogen) atoms. The van der Waals surface area contributed by atoms with E-state index in [9.17, 15) is 19.2 Å². The molecular weight excluding hydrogens is 328 g/mol. The van der Waals surface area contributed by atoms with Crippen LogP contribution in [0.15, 0.2) is 11.1 Å². The Balaban J connectivity index is 1.92. The fraction of sp³-hybridized carbons (Fsp3) is 0.667. The van der Waals surface area contributed by atoms with Crippen LogP contribution in [0.3, 0.4) is 0 Å². The molecule has 1 saturated carbocycles. The van der Waals surface area contributed by atoms with Gasteiger partial charge in [-0.05, 0) is 25.7 Å². The van der Waals surface area contributed by atoms with E-state index in [0.29, 0.717) is 0 Å². The van der Waals surface area contributed by atoms with Crippen LogP contribution >= 0.6 is 0 Å². The number of carbonyl (C=O) groups is 4. The summed E-state index contributed by atoms with van der Waals surface area (Å²) >= 11 is 0. The third kappa shape index (κ3) is 2.04. The van der Waals surface area contributed by atoms with Crippen molar-refractivity contribution in [1.82, 2.24) is 0 Å². The number of carbonyl (C=O) groups excluding carboxylic acids is 4. The lowest BCUT2D eigenvalue weighted by Crippen LogP contribution is -2.58. The monoisotopic (exact) mass is 348 g/mol. The molecule has 1 heterocycles. The topological polar surface area (TPSA) is 96.0 Å². The van der Waals surface area contributed by atoms with E-state index in [1.165, 1.54) is 14.2 Å². The first-order chi connectivity index (χ1) is 12.0. The van der Waals surface area contributed by atoms with Crippen LogP contribution in [0.25, 0.3) is 0 Å². The van der Waals surface area contributed by atoms with Crippen LogP contribution in [0.5, 0.6) is 0 Å². The van der Waals surface area contributed by atoms with E-state index >= 15 is 0 Å². The van der Waals surface area contributed by atoms with Crippen LogP contribution in [0.4, 0.5) is 0 Å². The summed E-state index contributed by atoms with van der Waals surface area (Å²) in [4.78, 5) is 49.8. The number of ether oxygens (including phenoxy) is 3. The fourth-order valence-corrected chi connectivity index (χ4v) is 5.60. The lowest BCUT2D eigenvalue weighted by molar-refractivity contribution is -0.171. The van der Waals surface area contributed by atoms with Crippen molar-refractivity contribution < 1.29 is 33.4 Å². The van der Waals surface area contributed by atoms with E-state index < -0.39 is 59.4 Å². The van der Waals surface area contributed by atoms with Gasteiger partial charge in [0.1, 0.15) is 0 Å². The van der Waals surface area contributed by atoms with E-state index in [1.807, 2.05) is 0 Å². The minimum Gasteiger partial charge on any atom is -0.469 e. The SMILES string of the molecule is COC(=O)C1C(C(=O)OC)C2C3=C(CCCC3)C1C1C(=O)OC(=O)C12. The summed E-state index contributed by atoms with van der Waals surface area (Å²) in [6, 6.07) is 0. The molecule has 6 atom stereocenters. The van der Waals surface area contributed by atoms with Gasteiger partial charge in [-0.2, -0.15) is 0 Å². The number of cyclic esters (lactones) is 2. The maximum atomic E-state index is 12.5. The van der Waals surface area contributed by atoms with E-state index in [2.05, 4.69) is 0 Å². The predicted molar refractivity (Wildman–Crippen MR) is 81.6 cm³/mol. The van der Waals surface area contributed by atoms with Crippen molar-refractivity contribution in [2.45, 2.75) is 25.7 Å². The third-order valence-electron chi connectivity index (χ3n) is 6.37. The Morgan fingerprint density at radius 1 is 0.800 bits per heavy atom. The minimum absolute atomic E-state index is 0.513. The highest BCUT2D eigenvalue weighted by atomic mass is 16.6. The van der Waals surface area contributed by atoms with Crippen LogP contribution in [0.2, 0.25) is 0 Å². The van der Waals surface area contributed by atoms with Gasteiger partial charge in [0.25, 0.3) is 0 Å². The molecule has 2 fully saturated rings. The van der Waals surface area contributed by atoms with Gasteiger partial charge in [-0.3, -0.25) is 19.2 Å². The highest BCUT2D eigenvalue weighted by molar-refractivity contribution is 6.00. The van der Waals surface area contributed by atoms with Crippen LogP contribution in [-0.2, 0) is 33.4 Å². The number of methoxy groups -OCH3 is 2. The Hall–Kier alpha value is -2.18. The summed E-state index contributed by atoms with van der Waals surface area (Å²) in [7, 11) is 2.54. The Morgan fingerprint density at radius 3 is 1.56 bits per heavy atom. The van der Waals surface area contributed by atoms with Crippen LogP contribution < -0.4 is 0 Å². The zero-order valence-corrected chi connectivity index (χ0v) is 14.2. The second-order valence-electron chi connectivity index (χ2n) is 7.20. The van der Waals surface area contributed by atoms with E-state index in [0.717, 1.165) is 36.8 Å². The maximum Gasteiger partial charge on any atom is 0.318 e. The van der Waals surface area contributed by atoms with Crippen LogP contribution in [-0.4, -0.2) is 38.1 Å². The van der Waals surface area contributed by atoms with Crippen LogP contribution in [0.1, 0.15) is 25.7 Å². The van der Waals surface area contributed by atoms with Gasteiger partial charge in [0.15, 0.2) is 0 Å². The molecule has 0 N–H and O–H groups in total. The number of fused-ring (bicyclic) bond motifs is 1. The highest BCUT2D eigenvalue weighted by Crippen LogP contribution is 2.62. The van der Waals surface area contributed by atoms with Crippen molar-refractivity contribution in [2.75, 3.05) is 14.2 Å². The van der Waals surface area contributed by atoms with Crippen molar-refractivity contribution >= 4 is 23.9 Å². The second-order valence-corrected chi connectivity index (χ2v) is 7.20. The molecule has 5 aliphatic rings. The molecule has 4 aliphatic carbocycles. The lowest BCUT2D eigenvalue weighted by Gasteiger charge is -2.53. The molecule has 7 nitrogen and oxygen atoms in total. The van der Waals surface area contributed by atoms with Gasteiger partial charge >= 0.3 is 23.9 Å². The van der Waals surface area contributed by atoms with E-state index in [4.69, 9.17) is 14.2 Å². The van der Waals surface area contributed by atoms with Gasteiger partial charge in [-0.1, -0.05) is 11.1 Å². The number of hydrogen-bond donors (Lipinski definition) is 0. The smallest absolute Gasteiger partial charge is 0.318 e. The zero-order valence-electron chi connectivity index (χ0n) is 14.2. The zero-order chi connectivity index (χ0) is 17.9. The number of hydrogen-bond acceptors (Lipinski definition) is 7. The molecule has 0 spiro atoms. The molecule has 0 aromatic carbocycles. The molecule has 1 aliphatic heterocycles. The van der Waals surface area contributed by atoms with Crippen molar-refractivity contribution in [2.24, 2.45) is 35.5 Å². The normalized spacial score (nSPS) is 38.8. The Kier molecular flexibility index (Phi) is 3.70. The van der Waals surface area contributed by atoms with Crippen molar-refractivity contribution in [3.63, 3.8) is 0 Å². The fourth-order valence-electron chi connectivity index (χ4n) is 5.60. The first-order valence-corrected chi connectivity index (χ1v) is 8.64.